The molecule has 0 amide bonds. The van der Waals surface area contributed by atoms with E-state index in [4.69, 9.17) is 4.74 Å². The number of hydrogen-bond donors (Lipinski definition) is 3. The summed E-state index contributed by atoms with van der Waals surface area (Å²) in [7, 11) is 0. The molecule has 4 nitrogen and oxygen atoms in total. The van der Waals surface area contributed by atoms with Gasteiger partial charge in [-0.05, 0) is 67.7 Å². The van der Waals surface area contributed by atoms with Crippen LogP contribution in [0, 0.1) is 17.8 Å². The van der Waals surface area contributed by atoms with Gasteiger partial charge in [-0.25, -0.2) is 0 Å². The predicted molar refractivity (Wildman–Crippen MR) is 112 cm³/mol. The molecule has 2 aromatic rings. The number of rotatable bonds is 8. The molecule has 3 atom stereocenters. The Hall–Kier alpha value is -1.88. The normalized spacial score (nSPS) is 22.7. The molecule has 1 saturated heterocycles. The summed E-state index contributed by atoms with van der Waals surface area (Å²) in [6.07, 6.45) is 1.94. The fraction of sp³-hybridized carbons (Fsp3) is 0.500. The van der Waals surface area contributed by atoms with E-state index in [-0.39, 0.29) is 23.9 Å². The van der Waals surface area contributed by atoms with E-state index >= 15 is 0 Å². The van der Waals surface area contributed by atoms with Crippen molar-refractivity contribution in [2.75, 3.05) is 19.8 Å². The van der Waals surface area contributed by atoms with Crippen LogP contribution in [0.4, 0.5) is 0 Å². The second-order valence-electron chi connectivity index (χ2n) is 8.63. The van der Waals surface area contributed by atoms with Gasteiger partial charge in [0.15, 0.2) is 0 Å². The molecule has 1 heterocycles. The molecule has 1 aliphatic rings. The summed E-state index contributed by atoms with van der Waals surface area (Å²) in [4.78, 5) is 0. The smallest absolute Gasteiger partial charge is 0.115 e. The molecule has 152 valence electrons. The van der Waals surface area contributed by atoms with Crippen molar-refractivity contribution < 1.29 is 14.9 Å². The Labute approximate surface area is 168 Å². The summed E-state index contributed by atoms with van der Waals surface area (Å²) >= 11 is 0. The van der Waals surface area contributed by atoms with Crippen LogP contribution in [0.2, 0.25) is 0 Å². The van der Waals surface area contributed by atoms with Gasteiger partial charge in [-0.1, -0.05) is 42.5 Å². The third-order valence-electron chi connectivity index (χ3n) is 5.87. The molecule has 0 saturated carbocycles. The summed E-state index contributed by atoms with van der Waals surface area (Å²) in [5, 5.41) is 23.1. The van der Waals surface area contributed by atoms with Gasteiger partial charge in [0.25, 0.3) is 0 Å². The number of aromatic hydroxyl groups is 1. The number of aliphatic hydroxyl groups is 1. The number of ether oxygens (including phenoxy) is 1. The lowest BCUT2D eigenvalue weighted by Gasteiger charge is -2.44. The van der Waals surface area contributed by atoms with Gasteiger partial charge in [0.1, 0.15) is 5.75 Å². The molecule has 28 heavy (non-hydrogen) atoms. The molecule has 0 bridgehead atoms. The zero-order valence-electron chi connectivity index (χ0n) is 17.0. The maximum absolute atomic E-state index is 10.2. The number of benzene rings is 2. The third kappa shape index (κ3) is 5.81. The summed E-state index contributed by atoms with van der Waals surface area (Å²) in [6, 6.07) is 17.8. The fourth-order valence-corrected chi connectivity index (χ4v) is 4.30. The van der Waals surface area contributed by atoms with Crippen molar-refractivity contribution in [3.63, 3.8) is 0 Å². The monoisotopic (exact) mass is 383 g/mol. The highest BCUT2D eigenvalue weighted by Crippen LogP contribution is 2.38. The lowest BCUT2D eigenvalue weighted by atomic mass is 9.72. The third-order valence-corrected chi connectivity index (χ3v) is 5.87. The highest BCUT2D eigenvalue weighted by molar-refractivity contribution is 5.25. The molecule has 0 aliphatic carbocycles. The standard InChI is InChI=1S/C24H33NO3/c1-24(2)13-23(20(17-28-24)12-18-6-4-3-5-7-18)21(16-26)15-25-14-19-8-10-22(27)11-9-19/h3-11,20-21,23,25-27H,12-17H2,1-2H3. The van der Waals surface area contributed by atoms with E-state index in [1.807, 2.05) is 18.2 Å². The molecule has 3 rings (SSSR count). The van der Waals surface area contributed by atoms with Gasteiger partial charge in [-0.15, -0.1) is 0 Å². The maximum atomic E-state index is 10.2. The number of nitrogens with one attached hydrogen (secondary N) is 1. The zero-order chi connectivity index (χ0) is 20.0. The van der Waals surface area contributed by atoms with Crippen molar-refractivity contribution in [2.24, 2.45) is 17.8 Å². The van der Waals surface area contributed by atoms with Crippen molar-refractivity contribution in [3.05, 3.63) is 65.7 Å². The van der Waals surface area contributed by atoms with Gasteiger partial charge < -0.3 is 20.3 Å². The number of phenolic OH excluding ortho intramolecular Hbond substituents is 1. The van der Waals surface area contributed by atoms with Gasteiger partial charge in [-0.3, -0.25) is 0 Å². The molecule has 1 aliphatic heterocycles. The quantitative estimate of drug-likeness (QED) is 0.649. The van der Waals surface area contributed by atoms with E-state index in [1.54, 1.807) is 12.1 Å². The minimum Gasteiger partial charge on any atom is -0.508 e. The van der Waals surface area contributed by atoms with E-state index in [1.165, 1.54) is 5.56 Å². The van der Waals surface area contributed by atoms with E-state index in [9.17, 15) is 10.2 Å². The van der Waals surface area contributed by atoms with Crippen LogP contribution >= 0.6 is 0 Å². The van der Waals surface area contributed by atoms with Crippen LogP contribution in [-0.2, 0) is 17.7 Å². The SMILES string of the molecule is CC1(C)CC(C(CO)CNCc2ccc(O)cc2)C(Cc2ccccc2)CO1. The molecule has 3 unspecified atom stereocenters. The summed E-state index contributed by atoms with van der Waals surface area (Å²) in [5.41, 5.74) is 2.31. The van der Waals surface area contributed by atoms with Gasteiger partial charge in [-0.2, -0.15) is 0 Å². The number of phenols is 1. The highest BCUT2D eigenvalue weighted by atomic mass is 16.5. The lowest BCUT2D eigenvalue weighted by Crippen LogP contribution is -2.46. The Morgan fingerprint density at radius 2 is 1.79 bits per heavy atom. The number of aliphatic hydroxyl groups excluding tert-OH is 1. The van der Waals surface area contributed by atoms with Crippen LogP contribution in [0.5, 0.6) is 5.75 Å². The lowest BCUT2D eigenvalue weighted by molar-refractivity contribution is -0.117. The van der Waals surface area contributed by atoms with Gasteiger partial charge in [0, 0.05) is 19.7 Å². The van der Waals surface area contributed by atoms with Crippen molar-refractivity contribution in [3.8, 4) is 5.75 Å². The van der Waals surface area contributed by atoms with Gasteiger partial charge >= 0.3 is 0 Å². The molecular formula is C24H33NO3. The summed E-state index contributed by atoms with van der Waals surface area (Å²) < 4.78 is 6.13. The molecule has 4 heteroatoms. The Balaban J connectivity index is 1.64. The van der Waals surface area contributed by atoms with Crippen molar-refractivity contribution in [1.29, 1.82) is 0 Å². The first-order valence-corrected chi connectivity index (χ1v) is 10.2. The molecule has 0 radical (unpaired) electrons. The first-order valence-electron chi connectivity index (χ1n) is 10.2. The minimum absolute atomic E-state index is 0.151. The average Bonchev–Trinajstić information content (AvgIpc) is 2.69. The van der Waals surface area contributed by atoms with E-state index in [0.29, 0.717) is 11.8 Å². The fourth-order valence-electron chi connectivity index (χ4n) is 4.30. The van der Waals surface area contributed by atoms with E-state index in [2.05, 4.69) is 43.4 Å². The summed E-state index contributed by atoms with van der Waals surface area (Å²) in [5.74, 6) is 1.28. The number of hydrogen-bond acceptors (Lipinski definition) is 4. The van der Waals surface area contributed by atoms with Crippen LogP contribution < -0.4 is 5.32 Å². The minimum atomic E-state index is -0.151. The van der Waals surface area contributed by atoms with Crippen molar-refractivity contribution in [1.82, 2.24) is 5.32 Å². The first kappa shape index (κ1) is 20.8. The Kier molecular flexibility index (Phi) is 7.11. The molecular weight excluding hydrogens is 350 g/mol. The molecule has 0 spiro atoms. The van der Waals surface area contributed by atoms with E-state index < -0.39 is 0 Å². The topological polar surface area (TPSA) is 61.7 Å². The van der Waals surface area contributed by atoms with Crippen LogP contribution in [0.25, 0.3) is 0 Å². The van der Waals surface area contributed by atoms with Crippen LogP contribution in [0.3, 0.4) is 0 Å². The Morgan fingerprint density at radius 3 is 2.46 bits per heavy atom. The van der Waals surface area contributed by atoms with Crippen LogP contribution in [-0.4, -0.2) is 35.6 Å². The Morgan fingerprint density at radius 1 is 1.07 bits per heavy atom. The molecule has 0 aromatic heterocycles. The maximum Gasteiger partial charge on any atom is 0.115 e. The molecule has 2 aromatic carbocycles. The first-order chi connectivity index (χ1) is 13.5. The summed E-state index contributed by atoms with van der Waals surface area (Å²) in [6.45, 7) is 6.71. The zero-order valence-corrected chi connectivity index (χ0v) is 17.0. The second kappa shape index (κ2) is 9.55. The second-order valence-corrected chi connectivity index (χ2v) is 8.63. The highest BCUT2D eigenvalue weighted by Gasteiger charge is 2.39. The molecule has 1 fully saturated rings. The van der Waals surface area contributed by atoms with Crippen molar-refractivity contribution >= 4 is 0 Å². The van der Waals surface area contributed by atoms with Crippen LogP contribution in [0.1, 0.15) is 31.4 Å². The van der Waals surface area contributed by atoms with Gasteiger partial charge in [0.05, 0.1) is 12.2 Å². The largest absolute Gasteiger partial charge is 0.508 e. The van der Waals surface area contributed by atoms with Crippen LogP contribution in [0.15, 0.2) is 54.6 Å². The van der Waals surface area contributed by atoms with Gasteiger partial charge in [0.2, 0.25) is 0 Å². The van der Waals surface area contributed by atoms with Crippen molar-refractivity contribution in [2.45, 2.75) is 38.8 Å². The Bertz CT molecular complexity index is 714. The van der Waals surface area contributed by atoms with E-state index in [0.717, 1.165) is 38.1 Å². The predicted octanol–water partition coefficient (Wildman–Crippen LogP) is 3.76. The molecule has 3 N–H and O–H groups in total. The average molecular weight is 384 g/mol.